The second kappa shape index (κ2) is 8.33. The Kier molecular flexibility index (Phi) is 6.43. The number of aryl methyl sites for hydroxylation is 3. The molecule has 5 nitrogen and oxygen atoms in total. The fourth-order valence-corrected chi connectivity index (χ4v) is 3.95. The minimum Gasteiger partial charge on any atom is -0.280 e. The first kappa shape index (κ1) is 18.5. The van der Waals surface area contributed by atoms with Crippen molar-refractivity contribution in [3.63, 3.8) is 0 Å². The molecule has 0 aliphatic rings. The molecule has 2 N–H and O–H groups in total. The average Bonchev–Trinajstić information content (AvgIpc) is 2.86. The summed E-state index contributed by atoms with van der Waals surface area (Å²) in [7, 11) is -3.60. The van der Waals surface area contributed by atoms with Gasteiger partial charge >= 0.3 is 0 Å². The normalized spacial score (nSPS) is 11.6. The molecule has 132 valence electrons. The molecule has 1 heterocycles. The minimum atomic E-state index is -3.60. The number of sulfonamides is 1. The fourth-order valence-electron chi connectivity index (χ4n) is 2.70. The summed E-state index contributed by atoms with van der Waals surface area (Å²) in [6, 6.07) is 7.21. The molecule has 0 amide bonds. The second-order valence-corrected chi connectivity index (χ2v) is 7.91. The molecular formula is C18H27N3O2S. The van der Waals surface area contributed by atoms with Crippen molar-refractivity contribution in [1.82, 2.24) is 10.2 Å². The summed E-state index contributed by atoms with van der Waals surface area (Å²) in [6.45, 7) is 5.77. The summed E-state index contributed by atoms with van der Waals surface area (Å²) in [5, 5.41) is 6.81. The Morgan fingerprint density at radius 3 is 2.54 bits per heavy atom. The number of hydrogen-bond donors (Lipinski definition) is 2. The molecule has 0 saturated carbocycles. The van der Waals surface area contributed by atoms with E-state index in [4.69, 9.17) is 0 Å². The number of rotatable bonds is 9. The third-order valence-electron chi connectivity index (χ3n) is 4.14. The van der Waals surface area contributed by atoms with Gasteiger partial charge in [-0.05, 0) is 44.4 Å². The lowest BCUT2D eigenvalue weighted by molar-refractivity contribution is 0.600. The van der Waals surface area contributed by atoms with Gasteiger partial charge in [0.05, 0.1) is 22.0 Å². The van der Waals surface area contributed by atoms with Crippen LogP contribution in [0.3, 0.4) is 0 Å². The molecule has 0 spiro atoms. The summed E-state index contributed by atoms with van der Waals surface area (Å²) >= 11 is 0. The van der Waals surface area contributed by atoms with E-state index in [1.54, 1.807) is 26.0 Å². The third-order valence-corrected chi connectivity index (χ3v) is 5.49. The summed E-state index contributed by atoms with van der Waals surface area (Å²) in [4.78, 5) is 0.300. The molecule has 2 rings (SSSR count). The van der Waals surface area contributed by atoms with Crippen molar-refractivity contribution in [2.75, 3.05) is 4.72 Å². The van der Waals surface area contributed by atoms with E-state index in [2.05, 4.69) is 21.8 Å². The quantitative estimate of drug-likeness (QED) is 0.661. The predicted octanol–water partition coefficient (Wildman–Crippen LogP) is 4.34. The number of nitrogens with one attached hydrogen (secondary N) is 2. The molecule has 1 aromatic heterocycles. The molecule has 0 aliphatic heterocycles. The smallest absolute Gasteiger partial charge is 0.262 e. The Bertz CT molecular complexity index is 747. The Morgan fingerprint density at radius 2 is 1.88 bits per heavy atom. The topological polar surface area (TPSA) is 74.8 Å². The first-order chi connectivity index (χ1) is 11.4. The van der Waals surface area contributed by atoms with Crippen molar-refractivity contribution in [1.29, 1.82) is 0 Å². The maximum absolute atomic E-state index is 12.6. The Morgan fingerprint density at radius 1 is 1.12 bits per heavy atom. The molecule has 0 radical (unpaired) electrons. The summed E-state index contributed by atoms with van der Waals surface area (Å²) in [6.07, 6.45) is 6.94. The van der Waals surface area contributed by atoms with E-state index in [1.807, 2.05) is 12.1 Å². The lowest BCUT2D eigenvalue weighted by Gasteiger charge is -2.10. The van der Waals surface area contributed by atoms with E-state index in [0.717, 1.165) is 18.4 Å². The number of nitrogens with zero attached hydrogens (tertiary/aromatic N) is 1. The number of aromatic nitrogens is 2. The molecule has 2 aromatic rings. The Hall–Kier alpha value is -1.82. The van der Waals surface area contributed by atoms with E-state index < -0.39 is 10.0 Å². The van der Waals surface area contributed by atoms with Crippen LogP contribution in [-0.4, -0.2) is 18.6 Å². The van der Waals surface area contributed by atoms with E-state index in [0.29, 0.717) is 22.0 Å². The fraction of sp³-hybridized carbons (Fsp3) is 0.500. The summed E-state index contributed by atoms with van der Waals surface area (Å²) < 4.78 is 27.9. The van der Waals surface area contributed by atoms with Gasteiger partial charge in [0.2, 0.25) is 0 Å². The van der Waals surface area contributed by atoms with Crippen molar-refractivity contribution < 1.29 is 8.42 Å². The predicted molar refractivity (Wildman–Crippen MR) is 97.8 cm³/mol. The zero-order valence-electron chi connectivity index (χ0n) is 14.7. The molecule has 0 saturated heterocycles. The molecule has 0 bridgehead atoms. The molecule has 0 unspecified atom stereocenters. The Balaban J connectivity index is 2.06. The van der Waals surface area contributed by atoms with Crippen molar-refractivity contribution in [3.8, 4) is 0 Å². The highest BCUT2D eigenvalue weighted by atomic mass is 32.2. The number of aromatic amines is 1. The van der Waals surface area contributed by atoms with Crippen LogP contribution in [0.5, 0.6) is 0 Å². The van der Waals surface area contributed by atoms with E-state index >= 15 is 0 Å². The second-order valence-electron chi connectivity index (χ2n) is 6.23. The SMILES string of the molecule is CCCCCCCc1cccc(S(=O)(=O)Nc2c(C)n[nH]c2C)c1. The highest BCUT2D eigenvalue weighted by Gasteiger charge is 2.18. The standard InChI is InChI=1S/C18H27N3O2S/c1-4-5-6-7-8-10-16-11-9-12-17(13-16)24(22,23)21-18-14(2)19-20-15(18)3/h9,11-13,21H,4-8,10H2,1-3H3,(H,19,20). The largest absolute Gasteiger partial charge is 0.280 e. The van der Waals surface area contributed by atoms with Crippen LogP contribution in [0.2, 0.25) is 0 Å². The number of anilines is 1. The van der Waals surface area contributed by atoms with Gasteiger partial charge < -0.3 is 0 Å². The third kappa shape index (κ3) is 4.84. The molecule has 0 aliphatic carbocycles. The van der Waals surface area contributed by atoms with Crippen LogP contribution in [0.4, 0.5) is 5.69 Å². The van der Waals surface area contributed by atoms with Gasteiger partial charge in [-0.15, -0.1) is 0 Å². The highest BCUT2D eigenvalue weighted by Crippen LogP contribution is 2.22. The van der Waals surface area contributed by atoms with Gasteiger partial charge in [0, 0.05) is 0 Å². The van der Waals surface area contributed by atoms with Gasteiger partial charge in [-0.1, -0.05) is 44.7 Å². The molecule has 1 aromatic carbocycles. The molecule has 0 atom stereocenters. The van der Waals surface area contributed by atoms with Crippen LogP contribution in [-0.2, 0) is 16.4 Å². The number of hydrogen-bond acceptors (Lipinski definition) is 3. The van der Waals surface area contributed by atoms with Gasteiger partial charge in [-0.25, -0.2) is 8.42 Å². The van der Waals surface area contributed by atoms with E-state index in [9.17, 15) is 8.42 Å². The Labute approximate surface area is 144 Å². The van der Waals surface area contributed by atoms with Crippen LogP contribution in [0, 0.1) is 13.8 Å². The van der Waals surface area contributed by atoms with Gasteiger partial charge in [-0.3, -0.25) is 9.82 Å². The lowest BCUT2D eigenvalue weighted by atomic mass is 10.1. The van der Waals surface area contributed by atoms with Crippen molar-refractivity contribution in [2.24, 2.45) is 0 Å². The van der Waals surface area contributed by atoms with Crippen LogP contribution >= 0.6 is 0 Å². The number of unbranched alkanes of at least 4 members (excludes halogenated alkanes) is 4. The van der Waals surface area contributed by atoms with Crippen molar-refractivity contribution in [3.05, 3.63) is 41.2 Å². The average molecular weight is 350 g/mol. The number of benzene rings is 1. The summed E-state index contributed by atoms with van der Waals surface area (Å²) in [5.74, 6) is 0. The van der Waals surface area contributed by atoms with Crippen LogP contribution < -0.4 is 4.72 Å². The van der Waals surface area contributed by atoms with Gasteiger partial charge in [0.25, 0.3) is 10.0 Å². The van der Waals surface area contributed by atoms with Crippen LogP contribution in [0.25, 0.3) is 0 Å². The first-order valence-electron chi connectivity index (χ1n) is 8.57. The monoisotopic (exact) mass is 349 g/mol. The maximum Gasteiger partial charge on any atom is 0.262 e. The van der Waals surface area contributed by atoms with Crippen molar-refractivity contribution in [2.45, 2.75) is 64.2 Å². The molecular weight excluding hydrogens is 322 g/mol. The van der Waals surface area contributed by atoms with E-state index in [1.165, 1.54) is 25.7 Å². The zero-order valence-corrected chi connectivity index (χ0v) is 15.5. The number of H-pyrrole nitrogens is 1. The van der Waals surface area contributed by atoms with Gasteiger partial charge in [0.15, 0.2) is 0 Å². The van der Waals surface area contributed by atoms with Crippen molar-refractivity contribution >= 4 is 15.7 Å². The minimum absolute atomic E-state index is 0.300. The van der Waals surface area contributed by atoms with Crippen LogP contribution in [0.15, 0.2) is 29.2 Å². The molecule has 0 fully saturated rings. The van der Waals surface area contributed by atoms with Crippen LogP contribution in [0.1, 0.15) is 56.0 Å². The van der Waals surface area contributed by atoms with E-state index in [-0.39, 0.29) is 0 Å². The van der Waals surface area contributed by atoms with Gasteiger partial charge in [-0.2, -0.15) is 5.10 Å². The first-order valence-corrected chi connectivity index (χ1v) is 10.1. The highest BCUT2D eigenvalue weighted by molar-refractivity contribution is 7.92. The zero-order chi connectivity index (χ0) is 17.6. The molecule has 6 heteroatoms. The van der Waals surface area contributed by atoms with Gasteiger partial charge in [0.1, 0.15) is 0 Å². The summed E-state index contributed by atoms with van der Waals surface area (Å²) in [5.41, 5.74) is 2.95. The maximum atomic E-state index is 12.6. The molecule has 24 heavy (non-hydrogen) atoms. The lowest BCUT2D eigenvalue weighted by Crippen LogP contribution is -2.14.